The third kappa shape index (κ3) is 2.79. The quantitative estimate of drug-likeness (QED) is 0.661. The average Bonchev–Trinajstić information content (AvgIpc) is 3.48. The van der Waals surface area contributed by atoms with Crippen molar-refractivity contribution < 1.29 is 18.1 Å². The number of anilines is 1. The van der Waals surface area contributed by atoms with Crippen LogP contribution in [0.4, 0.5) is 9.52 Å². The monoisotopic (exact) mass is 403 g/mol. The van der Waals surface area contributed by atoms with E-state index < -0.39 is 5.67 Å². The molecule has 10 heteroatoms. The first-order chi connectivity index (χ1) is 13.4. The van der Waals surface area contributed by atoms with Gasteiger partial charge in [-0.2, -0.15) is 4.98 Å². The van der Waals surface area contributed by atoms with Crippen molar-refractivity contribution in [2.75, 3.05) is 18.0 Å². The number of piperazine rings is 1. The minimum atomic E-state index is -1.68. The molecule has 5 heterocycles. The van der Waals surface area contributed by atoms with Crippen LogP contribution < -0.4 is 4.90 Å². The second-order valence-corrected chi connectivity index (χ2v) is 8.54. The summed E-state index contributed by atoms with van der Waals surface area (Å²) in [6.45, 7) is 4.11. The highest BCUT2D eigenvalue weighted by atomic mass is 32.1. The van der Waals surface area contributed by atoms with Crippen LogP contribution in [0.3, 0.4) is 0 Å². The maximum Gasteiger partial charge on any atom is 0.289 e. The van der Waals surface area contributed by atoms with Crippen molar-refractivity contribution in [3.05, 3.63) is 36.2 Å². The fourth-order valence-electron chi connectivity index (χ4n) is 3.76. The number of aromatic nitrogens is 3. The number of hydrogen-bond donors (Lipinski definition) is 0. The molecule has 0 aromatic carbocycles. The molecule has 2 fully saturated rings. The van der Waals surface area contributed by atoms with Crippen LogP contribution in [-0.4, -0.2) is 51.1 Å². The summed E-state index contributed by atoms with van der Waals surface area (Å²) in [4.78, 5) is 26.0. The van der Waals surface area contributed by atoms with Crippen molar-refractivity contribution >= 4 is 22.4 Å². The van der Waals surface area contributed by atoms with Gasteiger partial charge in [-0.1, -0.05) is 16.5 Å². The van der Waals surface area contributed by atoms with Gasteiger partial charge < -0.3 is 18.7 Å². The zero-order valence-electron chi connectivity index (χ0n) is 15.3. The predicted molar refractivity (Wildman–Crippen MR) is 98.8 cm³/mol. The standard InChI is InChI=1S/C18H18FN5O3S/c1-18(2,19)16-21-14(22-27-16)13-7-20-17(28-13)24-9-10-6-11(24)8-23(10)15(25)12-4-3-5-26-12/h3-5,7,10-11H,6,8-9H2,1-2H3. The summed E-state index contributed by atoms with van der Waals surface area (Å²) < 4.78 is 24.2. The molecule has 3 aromatic heterocycles. The lowest BCUT2D eigenvalue weighted by Gasteiger charge is -2.33. The third-order valence-electron chi connectivity index (χ3n) is 5.13. The highest BCUT2D eigenvalue weighted by Gasteiger charge is 2.46. The van der Waals surface area contributed by atoms with Gasteiger partial charge >= 0.3 is 0 Å². The van der Waals surface area contributed by atoms with Crippen LogP contribution in [0.2, 0.25) is 0 Å². The first-order valence-corrected chi connectivity index (χ1v) is 9.82. The van der Waals surface area contributed by atoms with E-state index in [0.717, 1.165) is 23.0 Å². The molecule has 1 amide bonds. The Hall–Kier alpha value is -2.75. The molecule has 2 atom stereocenters. The van der Waals surface area contributed by atoms with Gasteiger partial charge in [0.1, 0.15) is 0 Å². The Kier molecular flexibility index (Phi) is 3.80. The van der Waals surface area contributed by atoms with Gasteiger partial charge in [0.25, 0.3) is 11.8 Å². The minimum Gasteiger partial charge on any atom is -0.459 e. The second kappa shape index (κ2) is 6.13. The molecule has 8 nitrogen and oxygen atoms in total. The van der Waals surface area contributed by atoms with Crippen molar-refractivity contribution in [2.24, 2.45) is 0 Å². The van der Waals surface area contributed by atoms with E-state index >= 15 is 0 Å². The summed E-state index contributed by atoms with van der Waals surface area (Å²) in [5.74, 6) is 0.595. The Bertz CT molecular complexity index is 1010. The summed E-state index contributed by atoms with van der Waals surface area (Å²) in [7, 11) is 0. The van der Waals surface area contributed by atoms with E-state index in [1.54, 1.807) is 18.3 Å². The molecule has 28 heavy (non-hydrogen) atoms. The van der Waals surface area contributed by atoms with Crippen LogP contribution >= 0.6 is 11.3 Å². The molecular weight excluding hydrogens is 385 g/mol. The summed E-state index contributed by atoms with van der Waals surface area (Å²) in [6, 6.07) is 3.77. The number of thiazole rings is 1. The van der Waals surface area contributed by atoms with E-state index in [9.17, 15) is 9.18 Å². The van der Waals surface area contributed by atoms with Crippen molar-refractivity contribution in [3.8, 4) is 10.7 Å². The van der Waals surface area contributed by atoms with Crippen molar-refractivity contribution in [2.45, 2.75) is 38.0 Å². The van der Waals surface area contributed by atoms with Crippen LogP contribution in [-0.2, 0) is 5.67 Å². The molecule has 2 unspecified atom stereocenters. The smallest absolute Gasteiger partial charge is 0.289 e. The molecule has 0 aliphatic carbocycles. The van der Waals surface area contributed by atoms with Gasteiger partial charge in [0.15, 0.2) is 16.6 Å². The van der Waals surface area contributed by atoms with Crippen LogP contribution in [0.15, 0.2) is 33.5 Å². The van der Waals surface area contributed by atoms with Gasteiger partial charge in [-0.3, -0.25) is 4.79 Å². The molecule has 2 aliphatic rings. The molecule has 0 saturated carbocycles. The van der Waals surface area contributed by atoms with Gasteiger partial charge in [-0.05, 0) is 32.4 Å². The van der Waals surface area contributed by atoms with Crippen molar-refractivity contribution in [1.29, 1.82) is 0 Å². The molecule has 0 spiro atoms. The topological polar surface area (TPSA) is 88.5 Å². The summed E-state index contributed by atoms with van der Waals surface area (Å²) in [5.41, 5.74) is -1.68. The maximum atomic E-state index is 14.0. The number of furan rings is 1. The van der Waals surface area contributed by atoms with Crippen molar-refractivity contribution in [1.82, 2.24) is 20.0 Å². The number of fused-ring (bicyclic) bond motifs is 2. The summed E-state index contributed by atoms with van der Waals surface area (Å²) in [5, 5.41) is 4.71. The number of carbonyl (C=O) groups excluding carboxylic acids is 1. The van der Waals surface area contributed by atoms with Gasteiger partial charge in [0.2, 0.25) is 5.82 Å². The zero-order valence-corrected chi connectivity index (χ0v) is 16.1. The largest absolute Gasteiger partial charge is 0.459 e. The first-order valence-electron chi connectivity index (χ1n) is 9.00. The number of carbonyl (C=O) groups is 1. The molecule has 2 bridgehead atoms. The van der Waals surface area contributed by atoms with E-state index in [2.05, 4.69) is 20.0 Å². The summed E-state index contributed by atoms with van der Waals surface area (Å²) >= 11 is 1.44. The Labute approximate surface area is 164 Å². The second-order valence-electron chi connectivity index (χ2n) is 7.53. The van der Waals surface area contributed by atoms with E-state index in [-0.39, 0.29) is 23.9 Å². The molecule has 0 radical (unpaired) electrons. The Morgan fingerprint density at radius 1 is 1.36 bits per heavy atom. The van der Waals surface area contributed by atoms with E-state index in [4.69, 9.17) is 8.94 Å². The molecule has 3 aromatic rings. The highest BCUT2D eigenvalue weighted by Crippen LogP contribution is 2.39. The molecule has 0 N–H and O–H groups in total. The van der Waals surface area contributed by atoms with E-state index in [1.165, 1.54) is 31.4 Å². The van der Waals surface area contributed by atoms with E-state index in [1.807, 2.05) is 4.90 Å². The molecular formula is C18H18FN5O3S. The lowest BCUT2D eigenvalue weighted by molar-refractivity contribution is 0.0693. The number of hydrogen-bond acceptors (Lipinski definition) is 8. The van der Waals surface area contributed by atoms with Crippen LogP contribution in [0, 0.1) is 0 Å². The Morgan fingerprint density at radius 2 is 2.21 bits per heavy atom. The van der Waals surface area contributed by atoms with Gasteiger partial charge in [-0.25, -0.2) is 9.37 Å². The highest BCUT2D eigenvalue weighted by molar-refractivity contribution is 7.18. The summed E-state index contributed by atoms with van der Waals surface area (Å²) in [6.07, 6.45) is 4.10. The molecule has 2 aliphatic heterocycles. The number of likely N-dealkylation sites (tertiary alicyclic amines) is 1. The third-order valence-corrected chi connectivity index (χ3v) is 6.16. The van der Waals surface area contributed by atoms with Gasteiger partial charge in [0.05, 0.1) is 29.4 Å². The van der Waals surface area contributed by atoms with Crippen LogP contribution in [0.1, 0.15) is 36.7 Å². The van der Waals surface area contributed by atoms with Gasteiger partial charge in [0, 0.05) is 13.1 Å². The number of alkyl halides is 1. The van der Waals surface area contributed by atoms with Crippen LogP contribution in [0.25, 0.3) is 10.7 Å². The first kappa shape index (κ1) is 17.4. The van der Waals surface area contributed by atoms with Crippen LogP contribution in [0.5, 0.6) is 0 Å². The molecule has 5 rings (SSSR count). The Morgan fingerprint density at radius 3 is 2.86 bits per heavy atom. The van der Waals surface area contributed by atoms with E-state index in [0.29, 0.717) is 18.1 Å². The molecule has 146 valence electrons. The fraction of sp³-hybridized carbons (Fsp3) is 0.444. The maximum absolute atomic E-state index is 14.0. The van der Waals surface area contributed by atoms with Crippen molar-refractivity contribution in [3.63, 3.8) is 0 Å². The predicted octanol–water partition coefficient (Wildman–Crippen LogP) is 3.09. The fourth-order valence-corrected chi connectivity index (χ4v) is 4.68. The lowest BCUT2D eigenvalue weighted by Crippen LogP contribution is -2.48. The number of halogens is 1. The SMILES string of the molecule is CC(C)(F)c1nc(-c2cnc(N3CC4CC3CN4C(=O)c3ccco3)s2)no1. The minimum absolute atomic E-state index is 0.0511. The Balaban J connectivity index is 1.31. The number of amides is 1. The normalized spacial score (nSPS) is 21.7. The lowest BCUT2D eigenvalue weighted by atomic mass is 10.2. The van der Waals surface area contributed by atoms with Gasteiger partial charge in [-0.15, -0.1) is 0 Å². The number of rotatable bonds is 4. The average molecular weight is 403 g/mol. The number of nitrogens with zero attached hydrogens (tertiary/aromatic N) is 5. The molecule has 2 saturated heterocycles. The zero-order chi connectivity index (χ0) is 19.5.